The maximum absolute atomic E-state index is 13.4. The number of benzene rings is 2. The molecule has 0 spiro atoms. The number of ketones is 1. The minimum atomic E-state index is -0.394. The number of hydrogen-bond acceptors (Lipinski definition) is 5. The number of nitrogens with zero attached hydrogens (tertiary/aromatic N) is 4. The Kier molecular flexibility index (Phi) is 6.36. The van der Waals surface area contributed by atoms with Crippen molar-refractivity contribution in [2.75, 3.05) is 20.1 Å². The highest BCUT2D eigenvalue weighted by Gasteiger charge is 2.24. The van der Waals surface area contributed by atoms with Crippen LogP contribution in [-0.2, 0) is 6.54 Å². The Bertz CT molecular complexity index is 1140. The van der Waals surface area contributed by atoms with E-state index in [4.69, 9.17) is 23.2 Å². The Balaban J connectivity index is 1.83. The van der Waals surface area contributed by atoms with E-state index in [9.17, 15) is 9.59 Å². The number of likely N-dealkylation sites (tertiary alicyclic amines) is 1. The molecular formula is C22H21Cl2N5O2. The van der Waals surface area contributed by atoms with E-state index in [1.807, 2.05) is 0 Å². The lowest BCUT2D eigenvalue weighted by Gasteiger charge is -2.16. The van der Waals surface area contributed by atoms with Crippen LogP contribution >= 0.6 is 23.2 Å². The normalized spacial score (nSPS) is 14.0. The van der Waals surface area contributed by atoms with Crippen LogP contribution in [0.5, 0.6) is 0 Å². The van der Waals surface area contributed by atoms with Gasteiger partial charge in [0.15, 0.2) is 5.78 Å². The Morgan fingerprint density at radius 1 is 1.06 bits per heavy atom. The average molecular weight is 458 g/mol. The van der Waals surface area contributed by atoms with Crippen LogP contribution in [0.25, 0.3) is 5.69 Å². The zero-order chi connectivity index (χ0) is 22.0. The summed E-state index contributed by atoms with van der Waals surface area (Å²) in [5.41, 5.74) is 1.18. The van der Waals surface area contributed by atoms with Crippen LogP contribution < -0.4 is 5.32 Å². The summed E-state index contributed by atoms with van der Waals surface area (Å²) in [6.45, 7) is 2.43. The van der Waals surface area contributed by atoms with E-state index in [1.54, 1.807) is 47.1 Å². The first-order chi connectivity index (χ1) is 15.0. The standard InChI is InChI=1S/C22H21Cl2N5O2/c1-25-22(31)21-26-19(13-28-10-4-5-11-28)29(27-21)18-9-8-14(23)12-16(18)20(30)15-6-2-3-7-17(15)24/h2-3,6-9,12H,4-5,10-11,13H2,1H3,(H,25,31). The highest BCUT2D eigenvalue weighted by atomic mass is 35.5. The summed E-state index contributed by atoms with van der Waals surface area (Å²) in [4.78, 5) is 32.3. The van der Waals surface area contributed by atoms with Crippen LogP contribution in [0.3, 0.4) is 0 Å². The van der Waals surface area contributed by atoms with Crippen LogP contribution in [0, 0.1) is 0 Å². The molecule has 0 aliphatic carbocycles. The quantitative estimate of drug-likeness (QED) is 0.569. The molecule has 3 aromatic rings. The van der Waals surface area contributed by atoms with Gasteiger partial charge in [-0.1, -0.05) is 35.3 Å². The fraction of sp³-hybridized carbons (Fsp3) is 0.273. The first kappa shape index (κ1) is 21.5. The van der Waals surface area contributed by atoms with Gasteiger partial charge in [0, 0.05) is 23.2 Å². The van der Waals surface area contributed by atoms with Crippen LogP contribution in [0.4, 0.5) is 0 Å². The minimum absolute atomic E-state index is 0.0442. The molecule has 0 radical (unpaired) electrons. The summed E-state index contributed by atoms with van der Waals surface area (Å²) >= 11 is 12.5. The van der Waals surface area contributed by atoms with E-state index >= 15 is 0 Å². The lowest BCUT2D eigenvalue weighted by Crippen LogP contribution is -2.22. The van der Waals surface area contributed by atoms with Crippen molar-refractivity contribution in [1.82, 2.24) is 25.0 Å². The molecule has 0 saturated carbocycles. The molecule has 1 fully saturated rings. The van der Waals surface area contributed by atoms with Crippen molar-refractivity contribution in [3.8, 4) is 5.69 Å². The van der Waals surface area contributed by atoms with E-state index < -0.39 is 5.91 Å². The number of amides is 1. The smallest absolute Gasteiger partial charge is 0.290 e. The molecule has 7 nitrogen and oxygen atoms in total. The lowest BCUT2D eigenvalue weighted by molar-refractivity contribution is 0.0952. The first-order valence-electron chi connectivity index (χ1n) is 9.97. The van der Waals surface area contributed by atoms with Crippen molar-refractivity contribution < 1.29 is 9.59 Å². The summed E-state index contributed by atoms with van der Waals surface area (Å²) in [5, 5.41) is 7.73. The van der Waals surface area contributed by atoms with Gasteiger partial charge in [0.25, 0.3) is 5.91 Å². The van der Waals surface area contributed by atoms with Crippen LogP contribution in [0.2, 0.25) is 10.0 Å². The molecule has 0 bridgehead atoms. The predicted molar refractivity (Wildman–Crippen MR) is 119 cm³/mol. The largest absolute Gasteiger partial charge is 0.352 e. The average Bonchev–Trinajstić information content (AvgIpc) is 3.43. The second kappa shape index (κ2) is 9.18. The van der Waals surface area contributed by atoms with Gasteiger partial charge in [0.2, 0.25) is 5.82 Å². The number of aromatic nitrogens is 3. The second-order valence-electron chi connectivity index (χ2n) is 7.30. The molecular weight excluding hydrogens is 437 g/mol. The molecule has 4 rings (SSSR count). The van der Waals surface area contributed by atoms with E-state index in [-0.39, 0.29) is 11.6 Å². The fourth-order valence-electron chi connectivity index (χ4n) is 3.65. The third kappa shape index (κ3) is 4.49. The van der Waals surface area contributed by atoms with Crippen LogP contribution in [0.1, 0.15) is 45.2 Å². The topological polar surface area (TPSA) is 80.1 Å². The van der Waals surface area contributed by atoms with Gasteiger partial charge in [0.05, 0.1) is 17.3 Å². The van der Waals surface area contributed by atoms with E-state index in [0.29, 0.717) is 39.2 Å². The van der Waals surface area contributed by atoms with Crippen molar-refractivity contribution in [1.29, 1.82) is 0 Å². The molecule has 1 saturated heterocycles. The number of rotatable bonds is 6. The second-order valence-corrected chi connectivity index (χ2v) is 8.14. The molecule has 1 aliphatic heterocycles. The molecule has 160 valence electrons. The Hall–Kier alpha value is -2.74. The van der Waals surface area contributed by atoms with Crippen molar-refractivity contribution >= 4 is 34.9 Å². The molecule has 0 unspecified atom stereocenters. The highest BCUT2D eigenvalue weighted by molar-refractivity contribution is 6.35. The summed E-state index contributed by atoms with van der Waals surface area (Å²) in [6, 6.07) is 11.8. The first-order valence-corrected chi connectivity index (χ1v) is 10.7. The minimum Gasteiger partial charge on any atom is -0.352 e. The number of carbonyl (C=O) groups excluding carboxylic acids is 2. The monoisotopic (exact) mass is 457 g/mol. The maximum Gasteiger partial charge on any atom is 0.290 e. The Morgan fingerprint density at radius 3 is 2.52 bits per heavy atom. The Morgan fingerprint density at radius 2 is 1.81 bits per heavy atom. The van der Waals surface area contributed by atoms with Gasteiger partial charge in [0.1, 0.15) is 5.82 Å². The van der Waals surface area contributed by atoms with Gasteiger partial charge in [-0.05, 0) is 56.3 Å². The van der Waals surface area contributed by atoms with Gasteiger partial charge < -0.3 is 5.32 Å². The van der Waals surface area contributed by atoms with Gasteiger partial charge >= 0.3 is 0 Å². The van der Waals surface area contributed by atoms with E-state index in [0.717, 1.165) is 25.9 Å². The highest BCUT2D eigenvalue weighted by Crippen LogP contribution is 2.27. The van der Waals surface area contributed by atoms with Crippen molar-refractivity contribution in [2.45, 2.75) is 19.4 Å². The summed E-state index contributed by atoms with van der Waals surface area (Å²) in [6.07, 6.45) is 2.24. The van der Waals surface area contributed by atoms with Crippen molar-refractivity contribution in [3.63, 3.8) is 0 Å². The maximum atomic E-state index is 13.4. The van der Waals surface area contributed by atoms with Gasteiger partial charge in [-0.2, -0.15) is 0 Å². The number of halogens is 2. The third-order valence-corrected chi connectivity index (χ3v) is 5.78. The lowest BCUT2D eigenvalue weighted by atomic mass is 10.0. The molecule has 1 aromatic heterocycles. The molecule has 0 atom stereocenters. The summed E-state index contributed by atoms with van der Waals surface area (Å²) < 4.78 is 1.56. The van der Waals surface area contributed by atoms with Crippen LogP contribution in [-0.4, -0.2) is 51.5 Å². The van der Waals surface area contributed by atoms with E-state index in [2.05, 4.69) is 20.3 Å². The third-order valence-electron chi connectivity index (χ3n) is 5.22. The fourth-order valence-corrected chi connectivity index (χ4v) is 4.05. The molecule has 1 amide bonds. The van der Waals surface area contributed by atoms with Gasteiger partial charge in [-0.25, -0.2) is 9.67 Å². The molecule has 2 aromatic carbocycles. The summed E-state index contributed by atoms with van der Waals surface area (Å²) in [5.74, 6) is -0.0552. The Labute approximate surface area is 190 Å². The zero-order valence-electron chi connectivity index (χ0n) is 16.9. The SMILES string of the molecule is CNC(=O)c1nc(CN2CCCC2)n(-c2ccc(Cl)cc2C(=O)c2ccccc2Cl)n1. The molecule has 2 heterocycles. The number of carbonyl (C=O) groups is 2. The van der Waals surface area contributed by atoms with Crippen LogP contribution in [0.15, 0.2) is 42.5 Å². The molecule has 1 aliphatic rings. The molecule has 1 N–H and O–H groups in total. The van der Waals surface area contributed by atoms with Crippen molar-refractivity contribution in [3.05, 3.63) is 75.3 Å². The molecule has 9 heteroatoms. The number of hydrogen-bond donors (Lipinski definition) is 1. The zero-order valence-corrected chi connectivity index (χ0v) is 18.5. The predicted octanol–water partition coefficient (Wildman–Crippen LogP) is 3.76. The van der Waals surface area contributed by atoms with Gasteiger partial charge in [-0.3, -0.25) is 14.5 Å². The summed E-state index contributed by atoms with van der Waals surface area (Å²) in [7, 11) is 1.53. The van der Waals surface area contributed by atoms with E-state index in [1.165, 1.54) is 7.05 Å². The van der Waals surface area contributed by atoms with Crippen molar-refractivity contribution in [2.24, 2.45) is 0 Å². The molecule has 31 heavy (non-hydrogen) atoms. The number of nitrogens with one attached hydrogen (secondary N) is 1. The van der Waals surface area contributed by atoms with Gasteiger partial charge in [-0.15, -0.1) is 5.10 Å².